The predicted octanol–water partition coefficient (Wildman–Crippen LogP) is 5.75. The van der Waals surface area contributed by atoms with Crippen molar-refractivity contribution in [3.8, 4) is 5.75 Å². The molecule has 2 rings (SSSR count). The monoisotopic (exact) mass is 469 g/mol. The number of benzene rings is 2. The maximum atomic E-state index is 12.7. The first-order valence-corrected chi connectivity index (χ1v) is 12.8. The SMILES string of the molecule is CCCCOc1ccc(C[C@@H](COC[C@H](C)OCCCC)NC(=O)CCc2ccccc2)cc1. The summed E-state index contributed by atoms with van der Waals surface area (Å²) in [7, 11) is 0. The van der Waals surface area contributed by atoms with Crippen molar-refractivity contribution in [3.05, 3.63) is 65.7 Å². The molecule has 34 heavy (non-hydrogen) atoms. The number of carbonyl (C=O) groups is 1. The highest BCUT2D eigenvalue weighted by Gasteiger charge is 2.15. The zero-order valence-corrected chi connectivity index (χ0v) is 21.3. The second-order valence-corrected chi connectivity index (χ2v) is 8.87. The van der Waals surface area contributed by atoms with Gasteiger partial charge in [0.1, 0.15) is 5.75 Å². The highest BCUT2D eigenvalue weighted by molar-refractivity contribution is 5.76. The van der Waals surface area contributed by atoms with Crippen molar-refractivity contribution in [2.75, 3.05) is 26.4 Å². The zero-order valence-electron chi connectivity index (χ0n) is 21.3. The maximum absolute atomic E-state index is 12.7. The minimum absolute atomic E-state index is 0.0422. The smallest absolute Gasteiger partial charge is 0.220 e. The fourth-order valence-electron chi connectivity index (χ4n) is 3.55. The Morgan fingerprint density at radius 1 is 0.882 bits per heavy atom. The number of aryl methyl sites for hydroxylation is 1. The van der Waals surface area contributed by atoms with Gasteiger partial charge in [0.2, 0.25) is 5.91 Å². The van der Waals surface area contributed by atoms with Crippen molar-refractivity contribution in [2.24, 2.45) is 0 Å². The molecule has 1 N–H and O–H groups in total. The Hall–Kier alpha value is -2.37. The van der Waals surface area contributed by atoms with E-state index in [1.165, 1.54) is 5.56 Å². The lowest BCUT2D eigenvalue weighted by Crippen LogP contribution is -2.40. The Balaban J connectivity index is 1.88. The van der Waals surface area contributed by atoms with Gasteiger partial charge in [-0.25, -0.2) is 0 Å². The summed E-state index contributed by atoms with van der Waals surface area (Å²) >= 11 is 0. The molecule has 2 aromatic rings. The van der Waals surface area contributed by atoms with Crippen LogP contribution in [-0.4, -0.2) is 44.5 Å². The predicted molar refractivity (Wildman–Crippen MR) is 138 cm³/mol. The lowest BCUT2D eigenvalue weighted by molar-refractivity contribution is -0.122. The van der Waals surface area contributed by atoms with Crippen LogP contribution < -0.4 is 10.1 Å². The van der Waals surface area contributed by atoms with Gasteiger partial charge in [0.25, 0.3) is 0 Å². The molecule has 0 spiro atoms. The molecular weight excluding hydrogens is 426 g/mol. The number of nitrogens with one attached hydrogen (secondary N) is 1. The van der Waals surface area contributed by atoms with Gasteiger partial charge in [0, 0.05) is 13.0 Å². The molecule has 0 bridgehead atoms. The molecule has 5 nitrogen and oxygen atoms in total. The molecule has 0 aliphatic rings. The van der Waals surface area contributed by atoms with E-state index < -0.39 is 0 Å². The Morgan fingerprint density at radius 3 is 2.29 bits per heavy atom. The number of hydrogen-bond donors (Lipinski definition) is 1. The summed E-state index contributed by atoms with van der Waals surface area (Å²) in [5.74, 6) is 0.930. The summed E-state index contributed by atoms with van der Waals surface area (Å²) < 4.78 is 17.5. The summed E-state index contributed by atoms with van der Waals surface area (Å²) in [4.78, 5) is 12.7. The molecule has 0 radical (unpaired) electrons. The Kier molecular flexibility index (Phi) is 14.0. The first-order chi connectivity index (χ1) is 16.6. The van der Waals surface area contributed by atoms with Crippen molar-refractivity contribution < 1.29 is 19.0 Å². The van der Waals surface area contributed by atoms with Crippen LogP contribution in [0.2, 0.25) is 0 Å². The van der Waals surface area contributed by atoms with E-state index in [2.05, 4.69) is 43.4 Å². The molecule has 0 unspecified atom stereocenters. The fraction of sp³-hybridized carbons (Fsp3) is 0.552. The summed E-state index contributed by atoms with van der Waals surface area (Å²) in [6.07, 6.45) is 6.28. The highest BCUT2D eigenvalue weighted by atomic mass is 16.5. The van der Waals surface area contributed by atoms with Crippen LogP contribution in [0.15, 0.2) is 54.6 Å². The molecule has 0 saturated heterocycles. The van der Waals surface area contributed by atoms with Gasteiger partial charge in [-0.1, -0.05) is 69.2 Å². The molecule has 2 atom stereocenters. The lowest BCUT2D eigenvalue weighted by atomic mass is 10.1. The van der Waals surface area contributed by atoms with Crippen molar-refractivity contribution in [3.63, 3.8) is 0 Å². The van der Waals surface area contributed by atoms with Crippen LogP contribution in [-0.2, 0) is 27.1 Å². The molecule has 0 fully saturated rings. The van der Waals surface area contributed by atoms with Crippen LogP contribution >= 0.6 is 0 Å². The van der Waals surface area contributed by atoms with E-state index in [0.29, 0.717) is 26.1 Å². The van der Waals surface area contributed by atoms with Crippen LogP contribution in [0, 0.1) is 0 Å². The third-order valence-corrected chi connectivity index (χ3v) is 5.59. The second kappa shape index (κ2) is 17.1. The molecule has 5 heteroatoms. The fourth-order valence-corrected chi connectivity index (χ4v) is 3.55. The van der Waals surface area contributed by atoms with E-state index in [4.69, 9.17) is 14.2 Å². The van der Waals surface area contributed by atoms with Gasteiger partial charge in [-0.3, -0.25) is 4.79 Å². The Morgan fingerprint density at radius 2 is 1.59 bits per heavy atom. The lowest BCUT2D eigenvalue weighted by Gasteiger charge is -2.21. The molecule has 0 heterocycles. The zero-order chi connectivity index (χ0) is 24.4. The van der Waals surface area contributed by atoms with Crippen LogP contribution in [0.25, 0.3) is 0 Å². The first-order valence-electron chi connectivity index (χ1n) is 12.8. The van der Waals surface area contributed by atoms with Crippen molar-refractivity contribution in [1.29, 1.82) is 0 Å². The molecule has 1 amide bonds. The van der Waals surface area contributed by atoms with Crippen molar-refractivity contribution in [1.82, 2.24) is 5.32 Å². The van der Waals surface area contributed by atoms with E-state index in [1.807, 2.05) is 37.3 Å². The molecule has 188 valence electrons. The number of unbranched alkanes of at least 4 members (excludes halogenated alkanes) is 2. The topological polar surface area (TPSA) is 56.8 Å². The maximum Gasteiger partial charge on any atom is 0.220 e. The van der Waals surface area contributed by atoms with Gasteiger partial charge < -0.3 is 19.5 Å². The third-order valence-electron chi connectivity index (χ3n) is 5.59. The number of hydrogen-bond acceptors (Lipinski definition) is 4. The molecule has 0 aliphatic heterocycles. The standard InChI is InChI=1S/C29H43NO4/c1-4-6-19-33-24(3)22-32-23-27(30-29(31)18-15-25-11-9-8-10-12-25)21-26-13-16-28(17-14-26)34-20-7-5-2/h8-14,16-17,24,27H,4-7,15,18-23H2,1-3H3,(H,30,31)/t24-,27-/m0/s1. The van der Waals surface area contributed by atoms with Crippen LogP contribution in [0.3, 0.4) is 0 Å². The molecule has 0 saturated carbocycles. The second-order valence-electron chi connectivity index (χ2n) is 8.87. The largest absolute Gasteiger partial charge is 0.494 e. The average molecular weight is 470 g/mol. The third kappa shape index (κ3) is 12.2. The molecule has 0 aromatic heterocycles. The Labute approximate surface area is 206 Å². The van der Waals surface area contributed by atoms with Gasteiger partial charge >= 0.3 is 0 Å². The van der Waals surface area contributed by atoms with E-state index in [9.17, 15) is 4.79 Å². The summed E-state index contributed by atoms with van der Waals surface area (Å²) in [6, 6.07) is 18.2. The number of ether oxygens (including phenoxy) is 3. The highest BCUT2D eigenvalue weighted by Crippen LogP contribution is 2.14. The van der Waals surface area contributed by atoms with E-state index in [1.54, 1.807) is 0 Å². The molecule has 2 aromatic carbocycles. The normalized spacial score (nSPS) is 12.8. The van der Waals surface area contributed by atoms with Crippen molar-refractivity contribution in [2.45, 2.75) is 77.9 Å². The quantitative estimate of drug-likeness (QED) is 0.283. The van der Waals surface area contributed by atoms with E-state index >= 15 is 0 Å². The number of rotatable bonds is 18. The number of carbonyl (C=O) groups excluding carboxylic acids is 1. The minimum atomic E-state index is -0.0991. The molecule has 0 aliphatic carbocycles. The van der Waals surface area contributed by atoms with E-state index in [-0.39, 0.29) is 18.1 Å². The van der Waals surface area contributed by atoms with Crippen LogP contribution in [0.5, 0.6) is 5.75 Å². The van der Waals surface area contributed by atoms with Gasteiger partial charge in [0.05, 0.1) is 32.0 Å². The summed E-state index contributed by atoms with van der Waals surface area (Å²) in [5, 5.41) is 3.18. The van der Waals surface area contributed by atoms with Gasteiger partial charge in [-0.15, -0.1) is 0 Å². The summed E-state index contributed by atoms with van der Waals surface area (Å²) in [6.45, 7) is 8.80. The number of amides is 1. The van der Waals surface area contributed by atoms with Crippen LogP contribution in [0.4, 0.5) is 0 Å². The summed E-state index contributed by atoms with van der Waals surface area (Å²) in [5.41, 5.74) is 2.31. The van der Waals surface area contributed by atoms with Gasteiger partial charge in [0.15, 0.2) is 0 Å². The average Bonchev–Trinajstić information content (AvgIpc) is 2.85. The Bertz CT molecular complexity index is 778. The van der Waals surface area contributed by atoms with Crippen molar-refractivity contribution >= 4 is 5.91 Å². The van der Waals surface area contributed by atoms with Gasteiger partial charge in [-0.05, 0) is 55.9 Å². The van der Waals surface area contributed by atoms with E-state index in [0.717, 1.165) is 56.6 Å². The van der Waals surface area contributed by atoms with Crippen LogP contribution in [0.1, 0.15) is 64.0 Å². The van der Waals surface area contributed by atoms with Gasteiger partial charge in [-0.2, -0.15) is 0 Å². The minimum Gasteiger partial charge on any atom is -0.494 e. The molecular formula is C29H43NO4. The first kappa shape index (κ1) is 27.9.